The Kier molecular flexibility index (Phi) is 10.7. The minimum absolute atomic E-state index is 0.156. The molecular formula is C31H42O9. The molecule has 1 aliphatic heterocycles. The maximum absolute atomic E-state index is 12.9. The molecule has 5 atom stereocenters. The summed E-state index contributed by atoms with van der Waals surface area (Å²) < 4.78 is 35.1. The normalized spacial score (nSPS) is 23.4. The maximum atomic E-state index is 12.9. The van der Waals surface area contributed by atoms with Gasteiger partial charge in [-0.1, -0.05) is 42.5 Å². The van der Waals surface area contributed by atoms with Gasteiger partial charge in [0.25, 0.3) is 0 Å². The quantitative estimate of drug-likeness (QED) is 0.424. The van der Waals surface area contributed by atoms with E-state index in [1.54, 1.807) is 48.7 Å². The Morgan fingerprint density at radius 2 is 1.32 bits per heavy atom. The molecule has 1 fully saturated rings. The third-order valence-electron chi connectivity index (χ3n) is 6.34. The molecular weight excluding hydrogens is 516 g/mol. The minimum atomic E-state index is -1.54. The van der Waals surface area contributed by atoms with Crippen LogP contribution < -0.4 is 4.74 Å². The van der Waals surface area contributed by atoms with Crippen molar-refractivity contribution in [3.8, 4) is 5.75 Å². The highest BCUT2D eigenvalue weighted by atomic mass is 16.7. The lowest BCUT2D eigenvalue weighted by Gasteiger charge is -2.44. The van der Waals surface area contributed by atoms with Crippen LogP contribution in [0.1, 0.15) is 52.7 Å². The molecule has 9 heteroatoms. The van der Waals surface area contributed by atoms with Crippen molar-refractivity contribution in [1.29, 1.82) is 0 Å². The minimum Gasteiger partial charge on any atom is -0.497 e. The predicted octanol–water partition coefficient (Wildman–Crippen LogP) is 4.43. The van der Waals surface area contributed by atoms with E-state index in [4.69, 9.17) is 28.4 Å². The van der Waals surface area contributed by atoms with E-state index in [1.807, 2.05) is 54.6 Å². The number of hydrogen-bond acceptors (Lipinski definition) is 9. The van der Waals surface area contributed by atoms with Gasteiger partial charge < -0.3 is 33.5 Å². The first-order valence-corrected chi connectivity index (χ1v) is 13.4. The SMILES string of the molecule is COc1ccc(CO[C@H]2[C@H](OCc3ccccc3)[C@@H](OC(=O)C(C)(C)C)[C@H](O)O[C@@H]2COC(=O)C(C)(C)C)cc1. The van der Waals surface area contributed by atoms with Gasteiger partial charge in [-0.2, -0.15) is 0 Å². The first-order chi connectivity index (χ1) is 18.8. The smallest absolute Gasteiger partial charge is 0.311 e. The van der Waals surface area contributed by atoms with Crippen molar-refractivity contribution in [3.63, 3.8) is 0 Å². The Morgan fingerprint density at radius 1 is 0.775 bits per heavy atom. The largest absolute Gasteiger partial charge is 0.497 e. The first-order valence-electron chi connectivity index (χ1n) is 13.4. The lowest BCUT2D eigenvalue weighted by Crippen LogP contribution is -2.62. The van der Waals surface area contributed by atoms with E-state index >= 15 is 0 Å². The third-order valence-corrected chi connectivity index (χ3v) is 6.34. The molecule has 3 rings (SSSR count). The van der Waals surface area contributed by atoms with Crippen LogP contribution in [0.3, 0.4) is 0 Å². The molecule has 2 aromatic carbocycles. The van der Waals surface area contributed by atoms with Crippen LogP contribution in [0.5, 0.6) is 5.75 Å². The highest BCUT2D eigenvalue weighted by Crippen LogP contribution is 2.31. The standard InChI is InChI=1S/C31H42O9/c1-30(2,3)28(33)38-19-23-24(36-18-21-13-15-22(35-7)16-14-21)25(37-17-20-11-9-8-10-12-20)26(27(32)39-23)40-29(34)31(4,5)6/h8-16,23-27,32H,17-19H2,1-7H3/t23-,24-,25+,26-,27-/m1/s1. The van der Waals surface area contributed by atoms with Crippen LogP contribution in [0.15, 0.2) is 54.6 Å². The lowest BCUT2D eigenvalue weighted by molar-refractivity contribution is -0.310. The van der Waals surface area contributed by atoms with Gasteiger partial charge in [-0.3, -0.25) is 9.59 Å². The van der Waals surface area contributed by atoms with Gasteiger partial charge in [0, 0.05) is 0 Å². The molecule has 1 N–H and O–H groups in total. The number of hydrogen-bond donors (Lipinski definition) is 1. The number of carbonyl (C=O) groups excluding carboxylic acids is 2. The van der Waals surface area contributed by atoms with E-state index in [1.165, 1.54) is 0 Å². The fraction of sp³-hybridized carbons (Fsp3) is 0.548. The summed E-state index contributed by atoms with van der Waals surface area (Å²) in [5.41, 5.74) is 0.166. The Labute approximate surface area is 236 Å². The molecule has 0 radical (unpaired) electrons. The molecule has 0 saturated carbocycles. The summed E-state index contributed by atoms with van der Waals surface area (Å²) in [4.78, 5) is 25.4. The fourth-order valence-electron chi connectivity index (χ4n) is 3.90. The Morgan fingerprint density at radius 3 is 1.88 bits per heavy atom. The van der Waals surface area contributed by atoms with Crippen LogP contribution in [-0.2, 0) is 46.5 Å². The molecule has 0 unspecified atom stereocenters. The molecule has 0 bridgehead atoms. The summed E-state index contributed by atoms with van der Waals surface area (Å²) in [5.74, 6) is -0.249. The number of ether oxygens (including phenoxy) is 6. The van der Waals surface area contributed by atoms with Crippen LogP contribution in [0.2, 0.25) is 0 Å². The average molecular weight is 559 g/mol. The molecule has 1 saturated heterocycles. The van der Waals surface area contributed by atoms with E-state index in [9.17, 15) is 14.7 Å². The molecule has 0 amide bonds. The van der Waals surface area contributed by atoms with Crippen molar-refractivity contribution < 1.29 is 43.1 Å². The van der Waals surface area contributed by atoms with Gasteiger partial charge in [-0.25, -0.2) is 0 Å². The zero-order chi connectivity index (χ0) is 29.5. The van der Waals surface area contributed by atoms with Crippen LogP contribution in [0.25, 0.3) is 0 Å². The van der Waals surface area contributed by atoms with Gasteiger partial charge in [0.2, 0.25) is 0 Å². The van der Waals surface area contributed by atoms with Crippen LogP contribution in [-0.4, -0.2) is 61.5 Å². The third kappa shape index (κ3) is 8.76. The topological polar surface area (TPSA) is 110 Å². The van der Waals surface area contributed by atoms with Gasteiger partial charge in [0.05, 0.1) is 31.2 Å². The highest BCUT2D eigenvalue weighted by molar-refractivity contribution is 5.76. The summed E-state index contributed by atoms with van der Waals surface area (Å²) in [7, 11) is 1.59. The predicted molar refractivity (Wildman–Crippen MR) is 147 cm³/mol. The number of benzene rings is 2. The highest BCUT2D eigenvalue weighted by Gasteiger charge is 2.50. The number of carbonyl (C=O) groups is 2. The number of methoxy groups -OCH3 is 1. The summed E-state index contributed by atoms with van der Waals surface area (Å²) in [6.07, 6.45) is -5.42. The van der Waals surface area contributed by atoms with Gasteiger partial charge >= 0.3 is 11.9 Å². The summed E-state index contributed by atoms with van der Waals surface area (Å²) in [6.45, 7) is 10.5. The Hall–Kier alpha value is -2.98. The van der Waals surface area contributed by atoms with Gasteiger partial charge in [0.1, 0.15) is 30.7 Å². The molecule has 40 heavy (non-hydrogen) atoms. The van der Waals surface area contributed by atoms with Crippen LogP contribution in [0.4, 0.5) is 0 Å². The second-order valence-corrected chi connectivity index (χ2v) is 11.9. The van der Waals surface area contributed by atoms with Crippen LogP contribution in [0, 0.1) is 10.8 Å². The zero-order valence-corrected chi connectivity index (χ0v) is 24.4. The molecule has 1 aliphatic rings. The van der Waals surface area contributed by atoms with Crippen molar-refractivity contribution in [1.82, 2.24) is 0 Å². The molecule has 0 spiro atoms. The number of aliphatic hydroxyl groups excluding tert-OH is 1. The molecule has 9 nitrogen and oxygen atoms in total. The Balaban J connectivity index is 1.91. The second kappa shape index (κ2) is 13.6. The van der Waals surface area contributed by atoms with E-state index in [0.717, 1.165) is 11.1 Å². The monoisotopic (exact) mass is 558 g/mol. The molecule has 2 aromatic rings. The summed E-state index contributed by atoms with van der Waals surface area (Å²) in [6, 6.07) is 16.9. The summed E-state index contributed by atoms with van der Waals surface area (Å²) in [5, 5.41) is 11.0. The first kappa shape index (κ1) is 31.5. The van der Waals surface area contributed by atoms with Crippen molar-refractivity contribution >= 4 is 11.9 Å². The lowest BCUT2D eigenvalue weighted by atomic mass is 9.95. The number of aliphatic hydroxyl groups is 1. The second-order valence-electron chi connectivity index (χ2n) is 11.9. The van der Waals surface area contributed by atoms with Crippen molar-refractivity contribution in [2.45, 2.75) is 85.5 Å². The molecule has 220 valence electrons. The van der Waals surface area contributed by atoms with Crippen molar-refractivity contribution in [2.75, 3.05) is 13.7 Å². The van der Waals surface area contributed by atoms with E-state index in [0.29, 0.717) is 5.75 Å². The van der Waals surface area contributed by atoms with Gasteiger partial charge in [-0.05, 0) is 64.8 Å². The van der Waals surface area contributed by atoms with Gasteiger partial charge in [0.15, 0.2) is 12.4 Å². The maximum Gasteiger partial charge on any atom is 0.311 e. The molecule has 0 aliphatic carbocycles. The van der Waals surface area contributed by atoms with E-state index in [-0.39, 0.29) is 19.8 Å². The fourth-order valence-corrected chi connectivity index (χ4v) is 3.90. The number of rotatable bonds is 10. The van der Waals surface area contributed by atoms with Crippen molar-refractivity contribution in [2.24, 2.45) is 10.8 Å². The van der Waals surface area contributed by atoms with E-state index in [2.05, 4.69) is 0 Å². The average Bonchev–Trinajstić information content (AvgIpc) is 2.91. The van der Waals surface area contributed by atoms with Gasteiger partial charge in [-0.15, -0.1) is 0 Å². The Bertz CT molecular complexity index is 1090. The molecule has 1 heterocycles. The zero-order valence-electron chi connectivity index (χ0n) is 24.4. The van der Waals surface area contributed by atoms with Crippen molar-refractivity contribution in [3.05, 3.63) is 65.7 Å². The molecule has 0 aromatic heterocycles. The van der Waals surface area contributed by atoms with Crippen LogP contribution >= 0.6 is 0 Å². The van der Waals surface area contributed by atoms with E-state index < -0.39 is 53.5 Å². The summed E-state index contributed by atoms with van der Waals surface area (Å²) >= 11 is 0. The number of esters is 2.